The molecule has 17 heavy (non-hydrogen) atoms. The lowest BCUT2D eigenvalue weighted by Crippen LogP contribution is -2.05. The average molecular weight is 245 g/mol. The topological polar surface area (TPSA) is 69.4 Å². The maximum Gasteiger partial charge on any atom is 0.387 e. The molecule has 0 aliphatic rings. The van der Waals surface area contributed by atoms with E-state index in [1.807, 2.05) is 0 Å². The minimum Gasteiger partial charge on any atom is -0.427 e. The number of alkyl halides is 2. The van der Waals surface area contributed by atoms with E-state index in [2.05, 4.69) is 4.74 Å². The molecule has 0 spiro atoms. The van der Waals surface area contributed by atoms with Crippen LogP contribution in [0.3, 0.4) is 0 Å². The van der Waals surface area contributed by atoms with Crippen LogP contribution in [-0.4, -0.2) is 17.8 Å². The predicted molar refractivity (Wildman–Crippen MR) is 54.2 cm³/mol. The van der Waals surface area contributed by atoms with Gasteiger partial charge >= 0.3 is 12.3 Å². The van der Waals surface area contributed by atoms with Gasteiger partial charge in [-0.1, -0.05) is 13.0 Å². The van der Waals surface area contributed by atoms with Gasteiger partial charge in [0.15, 0.2) is 0 Å². The highest BCUT2D eigenvalue weighted by Gasteiger charge is 2.20. The molecule has 1 rings (SSSR count). The van der Waals surface area contributed by atoms with Gasteiger partial charge in [0.2, 0.25) is 5.75 Å². The highest BCUT2D eigenvalue weighted by molar-refractivity contribution is 5.63. The third kappa shape index (κ3) is 3.20. The van der Waals surface area contributed by atoms with Crippen molar-refractivity contribution in [3.8, 4) is 5.75 Å². The molecule has 1 atom stereocenters. The van der Waals surface area contributed by atoms with E-state index < -0.39 is 28.9 Å². The molecule has 1 aromatic rings. The number of hydrogen-bond donors (Lipinski definition) is 0. The van der Waals surface area contributed by atoms with Gasteiger partial charge in [-0.3, -0.25) is 10.1 Å². The molecular weight excluding hydrogens is 236 g/mol. The van der Waals surface area contributed by atoms with E-state index in [-0.39, 0.29) is 0 Å². The highest BCUT2D eigenvalue weighted by Crippen LogP contribution is 2.31. The number of carbonyl (C=O) groups is 1. The minimum absolute atomic E-state index is 0.369. The van der Waals surface area contributed by atoms with Crippen molar-refractivity contribution >= 4 is 12.0 Å². The normalized spacial score (nSPS) is 12.2. The zero-order valence-electron chi connectivity index (χ0n) is 8.80. The molecule has 5 nitrogen and oxygen atoms in total. The van der Waals surface area contributed by atoms with Crippen molar-refractivity contribution in [1.29, 1.82) is 0 Å². The van der Waals surface area contributed by atoms with Gasteiger partial charge in [-0.2, -0.15) is 8.78 Å². The van der Waals surface area contributed by atoms with Gasteiger partial charge in [-0.15, -0.1) is 0 Å². The van der Waals surface area contributed by atoms with Gasteiger partial charge in [0.25, 0.3) is 0 Å². The van der Waals surface area contributed by atoms with Crippen molar-refractivity contribution in [1.82, 2.24) is 0 Å². The van der Waals surface area contributed by atoms with E-state index in [0.29, 0.717) is 11.8 Å². The van der Waals surface area contributed by atoms with Crippen LogP contribution in [0.15, 0.2) is 18.2 Å². The lowest BCUT2D eigenvalue weighted by atomic mass is 10.0. The first kappa shape index (κ1) is 13.0. The molecule has 0 aliphatic heterocycles. The van der Waals surface area contributed by atoms with Crippen LogP contribution in [-0.2, 0) is 4.79 Å². The first-order chi connectivity index (χ1) is 7.95. The lowest BCUT2D eigenvalue weighted by molar-refractivity contribution is -0.386. The van der Waals surface area contributed by atoms with Crippen molar-refractivity contribution in [3.05, 3.63) is 33.9 Å². The second-order valence-corrected chi connectivity index (χ2v) is 3.29. The molecule has 0 saturated heterocycles. The van der Waals surface area contributed by atoms with E-state index in [4.69, 9.17) is 0 Å². The molecule has 0 bridgehead atoms. The van der Waals surface area contributed by atoms with Crippen LogP contribution in [0.1, 0.15) is 18.4 Å². The predicted octanol–water partition coefficient (Wildman–Crippen LogP) is 2.50. The van der Waals surface area contributed by atoms with E-state index >= 15 is 0 Å². The lowest BCUT2D eigenvalue weighted by Gasteiger charge is -2.08. The maximum absolute atomic E-state index is 12.0. The van der Waals surface area contributed by atoms with Gasteiger partial charge in [0.05, 0.1) is 4.92 Å². The van der Waals surface area contributed by atoms with Gasteiger partial charge in [-0.25, -0.2) is 0 Å². The summed E-state index contributed by atoms with van der Waals surface area (Å²) < 4.78 is 28.0. The number of nitro groups is 1. The van der Waals surface area contributed by atoms with E-state index in [1.54, 1.807) is 6.92 Å². The molecule has 92 valence electrons. The zero-order chi connectivity index (χ0) is 13.0. The minimum atomic E-state index is -3.14. The maximum atomic E-state index is 12.0. The Bertz CT molecular complexity index is 436. The monoisotopic (exact) mass is 245 g/mol. The molecule has 0 saturated carbocycles. The number of ether oxygens (including phenoxy) is 1. The first-order valence-electron chi connectivity index (χ1n) is 4.64. The molecule has 1 aromatic carbocycles. The summed E-state index contributed by atoms with van der Waals surface area (Å²) in [6.45, 7) is -1.59. The van der Waals surface area contributed by atoms with Crippen LogP contribution in [0.2, 0.25) is 0 Å². The van der Waals surface area contributed by atoms with Gasteiger partial charge in [-0.05, 0) is 11.6 Å². The fraction of sp³-hybridized carbons (Fsp3) is 0.300. The fourth-order valence-electron chi connectivity index (χ4n) is 1.23. The average Bonchev–Trinajstić information content (AvgIpc) is 2.27. The first-order valence-corrected chi connectivity index (χ1v) is 4.64. The van der Waals surface area contributed by atoms with Crippen molar-refractivity contribution in [2.45, 2.75) is 19.5 Å². The Kier molecular flexibility index (Phi) is 4.08. The number of rotatable bonds is 5. The van der Waals surface area contributed by atoms with Crippen molar-refractivity contribution in [3.63, 3.8) is 0 Å². The number of nitro benzene ring substituents is 1. The summed E-state index contributed by atoms with van der Waals surface area (Å²) in [5.74, 6) is -1.07. The Hall–Kier alpha value is -2.05. The van der Waals surface area contributed by atoms with Crippen LogP contribution in [0, 0.1) is 10.1 Å². The van der Waals surface area contributed by atoms with Gasteiger partial charge < -0.3 is 9.53 Å². The molecule has 0 heterocycles. The summed E-state index contributed by atoms with van der Waals surface area (Å²) in [5.41, 5.74) is -0.218. The summed E-state index contributed by atoms with van der Waals surface area (Å²) in [4.78, 5) is 20.4. The zero-order valence-corrected chi connectivity index (χ0v) is 8.80. The summed E-state index contributed by atoms with van der Waals surface area (Å²) in [5, 5.41) is 10.7. The second kappa shape index (κ2) is 5.33. The van der Waals surface area contributed by atoms with Crippen LogP contribution in [0.5, 0.6) is 5.75 Å². The van der Waals surface area contributed by atoms with E-state index in [9.17, 15) is 23.7 Å². The third-order valence-electron chi connectivity index (χ3n) is 2.13. The standard InChI is InChI=1S/C10H9F2NO4/c1-6(5-14)7-2-3-9(17-10(11)12)8(4-7)13(15)16/h2-6,10H,1H3. The Morgan fingerprint density at radius 1 is 1.47 bits per heavy atom. The number of nitrogens with zero attached hydrogens (tertiary/aromatic N) is 1. The Labute approximate surface area is 95.2 Å². The Morgan fingerprint density at radius 3 is 2.59 bits per heavy atom. The fourth-order valence-corrected chi connectivity index (χ4v) is 1.23. The summed E-state index contributed by atoms with van der Waals surface area (Å²) >= 11 is 0. The summed E-state index contributed by atoms with van der Waals surface area (Å²) in [6, 6.07) is 3.44. The van der Waals surface area contributed by atoms with Crippen molar-refractivity contribution in [2.24, 2.45) is 0 Å². The Balaban J connectivity index is 3.17. The van der Waals surface area contributed by atoms with Crippen molar-refractivity contribution < 1.29 is 23.2 Å². The van der Waals surface area contributed by atoms with Crippen LogP contribution < -0.4 is 4.74 Å². The third-order valence-corrected chi connectivity index (χ3v) is 2.13. The number of carbonyl (C=O) groups excluding carboxylic acids is 1. The number of halogens is 2. The van der Waals surface area contributed by atoms with Crippen LogP contribution in [0.25, 0.3) is 0 Å². The number of hydrogen-bond acceptors (Lipinski definition) is 4. The van der Waals surface area contributed by atoms with Gasteiger partial charge in [0, 0.05) is 12.0 Å². The molecule has 0 aliphatic carbocycles. The molecule has 0 fully saturated rings. The molecule has 0 N–H and O–H groups in total. The van der Waals surface area contributed by atoms with E-state index in [0.717, 1.165) is 12.1 Å². The highest BCUT2D eigenvalue weighted by atomic mass is 19.3. The summed E-state index contributed by atoms with van der Waals surface area (Å²) in [7, 11) is 0. The van der Waals surface area contributed by atoms with E-state index in [1.165, 1.54) is 6.07 Å². The van der Waals surface area contributed by atoms with Crippen LogP contribution >= 0.6 is 0 Å². The van der Waals surface area contributed by atoms with Crippen molar-refractivity contribution in [2.75, 3.05) is 0 Å². The Morgan fingerprint density at radius 2 is 2.12 bits per heavy atom. The van der Waals surface area contributed by atoms with Gasteiger partial charge in [0.1, 0.15) is 6.29 Å². The number of aldehydes is 1. The second-order valence-electron chi connectivity index (χ2n) is 3.29. The molecule has 0 radical (unpaired) electrons. The molecule has 0 aromatic heterocycles. The summed E-state index contributed by atoms with van der Waals surface area (Å²) in [6.07, 6.45) is 0.604. The largest absolute Gasteiger partial charge is 0.427 e. The number of benzene rings is 1. The quantitative estimate of drug-likeness (QED) is 0.454. The SMILES string of the molecule is CC(C=O)c1ccc(OC(F)F)c([N+](=O)[O-])c1. The molecule has 7 heteroatoms. The molecule has 0 amide bonds. The molecule has 1 unspecified atom stereocenters. The van der Waals surface area contributed by atoms with Crippen LogP contribution in [0.4, 0.5) is 14.5 Å². The molecular formula is C10H9F2NO4. The smallest absolute Gasteiger partial charge is 0.387 e.